The van der Waals surface area contributed by atoms with E-state index in [1.165, 1.54) is 180 Å². The summed E-state index contributed by atoms with van der Waals surface area (Å²) in [7, 11) is 0. The van der Waals surface area contributed by atoms with E-state index >= 15 is 0 Å². The Balaban J connectivity index is 4.30. The van der Waals surface area contributed by atoms with Crippen molar-refractivity contribution in [3.05, 3.63) is 48.6 Å². The quantitative estimate of drug-likeness (QED) is 0.0262. The number of ether oxygens (including phenoxy) is 3. The molecule has 0 rings (SSSR count). The molecule has 390 valence electrons. The summed E-state index contributed by atoms with van der Waals surface area (Å²) in [6.45, 7) is 6.62. The van der Waals surface area contributed by atoms with Gasteiger partial charge in [-0.05, 0) is 83.5 Å². The minimum atomic E-state index is -0.776. The fraction of sp³-hybridized carbons (Fsp3) is 0.820. The number of allylic oxidation sites excluding steroid dienone is 8. The monoisotopic (exact) mass is 939 g/mol. The van der Waals surface area contributed by atoms with Gasteiger partial charge in [0.1, 0.15) is 13.2 Å². The maximum Gasteiger partial charge on any atom is 0.306 e. The molecule has 0 aliphatic carbocycles. The zero-order valence-corrected chi connectivity index (χ0v) is 44.7. The summed E-state index contributed by atoms with van der Waals surface area (Å²) in [5.41, 5.74) is 0. The number of hydrogen-bond acceptors (Lipinski definition) is 6. The van der Waals surface area contributed by atoms with Gasteiger partial charge in [0.25, 0.3) is 0 Å². The van der Waals surface area contributed by atoms with Gasteiger partial charge in [-0.15, -0.1) is 0 Å². The molecule has 0 aliphatic heterocycles. The molecule has 0 aliphatic rings. The van der Waals surface area contributed by atoms with Gasteiger partial charge in [0.05, 0.1) is 0 Å². The van der Waals surface area contributed by atoms with E-state index in [0.717, 1.165) is 83.5 Å². The molecule has 0 spiro atoms. The Kier molecular flexibility index (Phi) is 53.8. The molecule has 6 heteroatoms. The van der Waals surface area contributed by atoms with Crippen LogP contribution in [0.25, 0.3) is 0 Å². The van der Waals surface area contributed by atoms with E-state index in [4.69, 9.17) is 14.2 Å². The van der Waals surface area contributed by atoms with Gasteiger partial charge in [-0.25, -0.2) is 0 Å². The highest BCUT2D eigenvalue weighted by molar-refractivity contribution is 5.71. The first kappa shape index (κ1) is 64.4. The zero-order valence-electron chi connectivity index (χ0n) is 44.7. The molecule has 1 atom stereocenters. The molecule has 0 amide bonds. The van der Waals surface area contributed by atoms with Crippen LogP contribution in [0.2, 0.25) is 0 Å². The fourth-order valence-electron chi connectivity index (χ4n) is 8.39. The lowest BCUT2D eigenvalue weighted by atomic mass is 10.0. The molecule has 0 aromatic rings. The number of rotatable bonds is 53. The Bertz CT molecular complexity index is 1170. The molecule has 0 heterocycles. The van der Waals surface area contributed by atoms with Crippen molar-refractivity contribution in [1.29, 1.82) is 0 Å². The molecule has 6 nitrogen and oxygen atoms in total. The zero-order chi connectivity index (χ0) is 48.6. The molecular weight excluding hydrogens is 829 g/mol. The molecule has 67 heavy (non-hydrogen) atoms. The summed E-state index contributed by atoms with van der Waals surface area (Å²) >= 11 is 0. The minimum Gasteiger partial charge on any atom is -0.462 e. The Morgan fingerprint density at radius 1 is 0.299 bits per heavy atom. The number of unbranched alkanes of at least 4 members (excludes halogenated alkanes) is 34. The average Bonchev–Trinajstić information content (AvgIpc) is 3.33. The van der Waals surface area contributed by atoms with Crippen LogP contribution >= 0.6 is 0 Å². The molecule has 0 aromatic heterocycles. The maximum atomic E-state index is 12.8. The van der Waals surface area contributed by atoms with E-state index in [2.05, 4.69) is 69.4 Å². The molecule has 0 radical (unpaired) electrons. The lowest BCUT2D eigenvalue weighted by Gasteiger charge is -2.18. The summed E-state index contributed by atoms with van der Waals surface area (Å²) < 4.78 is 16.8. The summed E-state index contributed by atoms with van der Waals surface area (Å²) in [5.74, 6) is -0.879. The predicted molar refractivity (Wildman–Crippen MR) is 289 cm³/mol. The fourth-order valence-corrected chi connectivity index (χ4v) is 8.39. The van der Waals surface area contributed by atoms with E-state index in [0.29, 0.717) is 19.3 Å². The predicted octanol–water partition coefficient (Wildman–Crippen LogP) is 19.4. The Morgan fingerprint density at radius 3 is 0.881 bits per heavy atom. The van der Waals surface area contributed by atoms with Crippen molar-refractivity contribution in [3.8, 4) is 0 Å². The van der Waals surface area contributed by atoms with Crippen molar-refractivity contribution in [1.82, 2.24) is 0 Å². The maximum absolute atomic E-state index is 12.8. The molecule has 0 saturated heterocycles. The minimum absolute atomic E-state index is 0.0769. The molecule has 0 N–H and O–H groups in total. The normalized spacial score (nSPS) is 12.3. The number of hydrogen-bond donors (Lipinski definition) is 0. The summed E-state index contributed by atoms with van der Waals surface area (Å²) in [6, 6.07) is 0. The van der Waals surface area contributed by atoms with Crippen molar-refractivity contribution in [2.75, 3.05) is 13.2 Å². The second-order valence-electron chi connectivity index (χ2n) is 19.6. The molecule has 0 saturated carbocycles. The highest BCUT2D eigenvalue weighted by atomic mass is 16.6. The Labute approximate surface area is 416 Å². The summed E-state index contributed by atoms with van der Waals surface area (Å²) in [4.78, 5) is 38.1. The van der Waals surface area contributed by atoms with E-state index in [1.54, 1.807) is 0 Å². The van der Waals surface area contributed by atoms with Gasteiger partial charge in [0.15, 0.2) is 6.10 Å². The van der Waals surface area contributed by atoms with Crippen molar-refractivity contribution in [2.45, 2.75) is 309 Å². The van der Waals surface area contributed by atoms with Crippen LogP contribution in [0.5, 0.6) is 0 Å². The van der Waals surface area contributed by atoms with Gasteiger partial charge < -0.3 is 14.2 Å². The van der Waals surface area contributed by atoms with Crippen LogP contribution in [0.3, 0.4) is 0 Å². The van der Waals surface area contributed by atoms with Crippen molar-refractivity contribution in [2.24, 2.45) is 0 Å². The SMILES string of the molecule is CCCCC/C=C\CCCCCCCC(=O)OCC(COC(=O)CCCCCCCCCC/C=C\C/C=C\C/C=C\CCCCCCC)OC(=O)CCCCCCCCCCCCCCCC. The Morgan fingerprint density at radius 2 is 0.537 bits per heavy atom. The van der Waals surface area contributed by atoms with E-state index in [9.17, 15) is 14.4 Å². The third-order valence-corrected chi connectivity index (χ3v) is 12.8. The molecule has 1 unspecified atom stereocenters. The van der Waals surface area contributed by atoms with Gasteiger partial charge >= 0.3 is 17.9 Å². The van der Waals surface area contributed by atoms with Crippen LogP contribution < -0.4 is 0 Å². The van der Waals surface area contributed by atoms with Crippen LogP contribution in [0.4, 0.5) is 0 Å². The number of esters is 3. The third-order valence-electron chi connectivity index (χ3n) is 12.8. The first-order valence-corrected chi connectivity index (χ1v) is 29.1. The lowest BCUT2D eigenvalue weighted by Crippen LogP contribution is -2.30. The second-order valence-corrected chi connectivity index (χ2v) is 19.6. The highest BCUT2D eigenvalue weighted by Crippen LogP contribution is 2.16. The van der Waals surface area contributed by atoms with Crippen LogP contribution in [0.15, 0.2) is 48.6 Å². The Hall–Kier alpha value is -2.63. The van der Waals surface area contributed by atoms with Gasteiger partial charge in [-0.3, -0.25) is 14.4 Å². The van der Waals surface area contributed by atoms with Gasteiger partial charge in [0, 0.05) is 19.3 Å². The van der Waals surface area contributed by atoms with Crippen molar-refractivity contribution in [3.63, 3.8) is 0 Å². The summed E-state index contributed by atoms with van der Waals surface area (Å²) in [5, 5.41) is 0. The smallest absolute Gasteiger partial charge is 0.306 e. The van der Waals surface area contributed by atoms with E-state index < -0.39 is 6.10 Å². The van der Waals surface area contributed by atoms with Crippen LogP contribution in [0, 0.1) is 0 Å². The third kappa shape index (κ3) is 54.2. The van der Waals surface area contributed by atoms with Gasteiger partial charge in [-0.1, -0.05) is 249 Å². The van der Waals surface area contributed by atoms with Crippen LogP contribution in [-0.2, 0) is 28.6 Å². The summed E-state index contributed by atoms with van der Waals surface area (Å²) in [6.07, 6.45) is 68.1. The number of carbonyl (C=O) groups excluding carboxylic acids is 3. The second kappa shape index (κ2) is 56.0. The average molecular weight is 940 g/mol. The van der Waals surface area contributed by atoms with E-state index in [1.807, 2.05) is 0 Å². The molecule has 0 fully saturated rings. The largest absolute Gasteiger partial charge is 0.462 e. The van der Waals surface area contributed by atoms with Crippen molar-refractivity contribution >= 4 is 17.9 Å². The van der Waals surface area contributed by atoms with Crippen LogP contribution in [-0.4, -0.2) is 37.2 Å². The first-order chi connectivity index (χ1) is 33.0. The first-order valence-electron chi connectivity index (χ1n) is 29.1. The van der Waals surface area contributed by atoms with Gasteiger partial charge in [0.2, 0.25) is 0 Å². The molecule has 0 aromatic carbocycles. The van der Waals surface area contributed by atoms with E-state index in [-0.39, 0.29) is 31.1 Å². The highest BCUT2D eigenvalue weighted by Gasteiger charge is 2.19. The van der Waals surface area contributed by atoms with Crippen LogP contribution in [0.1, 0.15) is 303 Å². The van der Waals surface area contributed by atoms with Crippen molar-refractivity contribution < 1.29 is 28.6 Å². The standard InChI is InChI=1S/C61H110O6/c1-4-7-10-13-16-19-22-25-27-28-29-30-31-32-33-34-35-37-39-42-45-48-51-54-60(63)66-57-58(56-65-59(62)53-50-47-44-41-38-24-21-18-15-12-9-6-3)67-61(64)55-52-49-46-43-40-36-26-23-20-17-14-11-8-5-2/h18,21-22,25,28-29,31-32,58H,4-17,19-20,23-24,26-27,30,33-57H2,1-3H3/b21-18-,25-22-,29-28-,32-31-. The molecule has 0 bridgehead atoms. The topological polar surface area (TPSA) is 78.9 Å². The number of carbonyl (C=O) groups is 3. The molecular formula is C61H110O6. The lowest BCUT2D eigenvalue weighted by molar-refractivity contribution is -0.167. The van der Waals surface area contributed by atoms with Gasteiger partial charge in [-0.2, -0.15) is 0 Å².